The zero-order valence-electron chi connectivity index (χ0n) is 10.8. The van der Waals surface area contributed by atoms with Gasteiger partial charge in [-0.25, -0.2) is 0 Å². The molecule has 0 aromatic heterocycles. The number of halogens is 1. The number of rotatable bonds is 4. The highest BCUT2D eigenvalue weighted by Crippen LogP contribution is 2.23. The highest BCUT2D eigenvalue weighted by atomic mass is 35.5. The van der Waals surface area contributed by atoms with Gasteiger partial charge in [-0.1, -0.05) is 23.7 Å². The first-order valence-electron chi connectivity index (χ1n) is 5.97. The van der Waals surface area contributed by atoms with Gasteiger partial charge < -0.3 is 10.4 Å². The smallest absolute Gasteiger partial charge is 0.306 e. The summed E-state index contributed by atoms with van der Waals surface area (Å²) in [5, 5.41) is 19.8. The molecule has 0 bridgehead atoms. The van der Waals surface area contributed by atoms with Crippen molar-refractivity contribution in [2.75, 3.05) is 0 Å². The van der Waals surface area contributed by atoms with Crippen molar-refractivity contribution in [3.63, 3.8) is 0 Å². The van der Waals surface area contributed by atoms with Crippen molar-refractivity contribution in [2.45, 2.75) is 25.4 Å². The van der Waals surface area contributed by atoms with Crippen LogP contribution in [-0.2, 0) is 16.1 Å². The Bertz CT molecular complexity index is 590. The first-order chi connectivity index (χ1) is 9.32. The molecule has 7 heteroatoms. The summed E-state index contributed by atoms with van der Waals surface area (Å²) in [7, 11) is 0. The second kappa shape index (κ2) is 5.13. The van der Waals surface area contributed by atoms with Gasteiger partial charge in [0.25, 0.3) is 5.91 Å². The Labute approximate surface area is 120 Å². The fraction of sp³-hybridized carbons (Fsp3) is 0.308. The molecule has 1 atom stereocenters. The van der Waals surface area contributed by atoms with E-state index in [-0.39, 0.29) is 18.9 Å². The largest absolute Gasteiger partial charge is 0.481 e. The van der Waals surface area contributed by atoms with E-state index in [1.807, 2.05) is 0 Å². The molecular weight excluding hydrogens is 282 g/mol. The average molecular weight is 296 g/mol. The Morgan fingerprint density at radius 2 is 2.25 bits per heavy atom. The number of carboxylic acid groups (broad SMARTS) is 1. The fourth-order valence-electron chi connectivity index (χ4n) is 2.17. The number of nitrogens with one attached hydrogen (secondary N) is 2. The Morgan fingerprint density at radius 3 is 2.85 bits per heavy atom. The van der Waals surface area contributed by atoms with Crippen LogP contribution in [0.25, 0.3) is 0 Å². The van der Waals surface area contributed by atoms with Crippen LogP contribution in [0.5, 0.6) is 0 Å². The molecule has 2 rings (SSSR count). The van der Waals surface area contributed by atoms with E-state index in [1.54, 1.807) is 24.3 Å². The van der Waals surface area contributed by atoms with Crippen LogP contribution in [-0.4, -0.2) is 33.4 Å². The summed E-state index contributed by atoms with van der Waals surface area (Å²) in [6.45, 7) is 1.66. The lowest BCUT2D eigenvalue weighted by molar-refractivity contribution is -0.142. The maximum atomic E-state index is 12.3. The molecule has 1 aliphatic rings. The molecule has 1 aromatic carbocycles. The van der Waals surface area contributed by atoms with E-state index in [0.29, 0.717) is 5.02 Å². The molecule has 0 spiro atoms. The van der Waals surface area contributed by atoms with Crippen molar-refractivity contribution >= 4 is 29.4 Å². The molecule has 0 saturated carbocycles. The molecule has 1 amide bonds. The number of guanidine groups is 1. The molecule has 3 N–H and O–H groups in total. The Hall–Kier alpha value is -2.08. The average Bonchev–Trinajstić information content (AvgIpc) is 2.52. The number of hydrogen-bond acceptors (Lipinski definition) is 3. The van der Waals surface area contributed by atoms with Crippen LogP contribution in [0.1, 0.15) is 18.9 Å². The Morgan fingerprint density at radius 1 is 1.55 bits per heavy atom. The monoisotopic (exact) mass is 295 g/mol. The van der Waals surface area contributed by atoms with Crippen molar-refractivity contribution in [1.82, 2.24) is 10.2 Å². The predicted octanol–water partition coefficient (Wildman–Crippen LogP) is 1.44. The molecule has 106 valence electrons. The zero-order valence-corrected chi connectivity index (χ0v) is 11.6. The molecule has 1 aromatic rings. The van der Waals surface area contributed by atoms with Crippen LogP contribution in [0.3, 0.4) is 0 Å². The van der Waals surface area contributed by atoms with E-state index in [2.05, 4.69) is 5.32 Å². The van der Waals surface area contributed by atoms with Crippen LogP contribution < -0.4 is 5.32 Å². The summed E-state index contributed by atoms with van der Waals surface area (Å²) in [4.78, 5) is 24.3. The summed E-state index contributed by atoms with van der Waals surface area (Å²) < 4.78 is 0. The van der Waals surface area contributed by atoms with Gasteiger partial charge in [0.2, 0.25) is 0 Å². The normalized spacial score (nSPS) is 22.0. The number of carboxylic acids is 1. The number of amides is 1. The van der Waals surface area contributed by atoms with Gasteiger partial charge in [-0.3, -0.25) is 19.9 Å². The molecule has 0 radical (unpaired) electrons. The maximum absolute atomic E-state index is 12.3. The van der Waals surface area contributed by atoms with E-state index in [0.717, 1.165) is 5.56 Å². The first-order valence-corrected chi connectivity index (χ1v) is 6.34. The van der Waals surface area contributed by atoms with Crippen LogP contribution in [0.4, 0.5) is 0 Å². The van der Waals surface area contributed by atoms with E-state index in [9.17, 15) is 9.59 Å². The summed E-state index contributed by atoms with van der Waals surface area (Å²) in [5.41, 5.74) is -0.501. The maximum Gasteiger partial charge on any atom is 0.306 e. The van der Waals surface area contributed by atoms with E-state index < -0.39 is 17.4 Å². The predicted molar refractivity (Wildman–Crippen MR) is 73.5 cm³/mol. The molecular formula is C13H14ClN3O3. The molecule has 0 aliphatic carbocycles. The van der Waals surface area contributed by atoms with Crippen molar-refractivity contribution in [3.05, 3.63) is 34.9 Å². The van der Waals surface area contributed by atoms with Crippen molar-refractivity contribution in [2.24, 2.45) is 0 Å². The molecule has 1 aliphatic heterocycles. The van der Waals surface area contributed by atoms with Gasteiger partial charge in [-0.2, -0.15) is 0 Å². The van der Waals surface area contributed by atoms with Gasteiger partial charge in [0.15, 0.2) is 5.96 Å². The third-order valence-corrected chi connectivity index (χ3v) is 3.35. The van der Waals surface area contributed by atoms with Gasteiger partial charge in [0, 0.05) is 5.02 Å². The molecule has 20 heavy (non-hydrogen) atoms. The summed E-state index contributed by atoms with van der Waals surface area (Å²) in [6.07, 6.45) is -0.375. The molecule has 1 heterocycles. The highest BCUT2D eigenvalue weighted by molar-refractivity contribution is 6.30. The molecule has 6 nitrogen and oxygen atoms in total. The van der Waals surface area contributed by atoms with Gasteiger partial charge in [-0.15, -0.1) is 0 Å². The van der Waals surface area contributed by atoms with E-state index in [1.165, 1.54) is 11.8 Å². The van der Waals surface area contributed by atoms with Gasteiger partial charge in [0.05, 0.1) is 13.0 Å². The lowest BCUT2D eigenvalue weighted by atomic mass is 9.98. The minimum Gasteiger partial charge on any atom is -0.481 e. The number of nitrogens with zero attached hydrogens (tertiary/aromatic N) is 1. The van der Waals surface area contributed by atoms with Crippen LogP contribution in [0, 0.1) is 5.41 Å². The lowest BCUT2D eigenvalue weighted by Gasteiger charge is -2.19. The van der Waals surface area contributed by atoms with Crippen LogP contribution in [0.15, 0.2) is 24.3 Å². The second-order valence-corrected chi connectivity index (χ2v) is 5.33. The number of benzene rings is 1. The van der Waals surface area contributed by atoms with E-state index >= 15 is 0 Å². The number of carbonyl (C=O) groups excluding carboxylic acids is 1. The SMILES string of the molecule is CC1(CC(=O)O)NC(=N)N(Cc2cccc(Cl)c2)C1=O. The molecule has 1 saturated heterocycles. The van der Waals surface area contributed by atoms with Crippen LogP contribution >= 0.6 is 11.6 Å². The quantitative estimate of drug-likeness (QED) is 0.783. The highest BCUT2D eigenvalue weighted by Gasteiger charge is 2.47. The third kappa shape index (κ3) is 2.75. The summed E-state index contributed by atoms with van der Waals surface area (Å²) in [5.74, 6) is -1.62. The van der Waals surface area contributed by atoms with Crippen molar-refractivity contribution in [3.8, 4) is 0 Å². The number of hydrogen-bond donors (Lipinski definition) is 3. The van der Waals surface area contributed by atoms with Crippen LogP contribution in [0.2, 0.25) is 5.02 Å². The lowest BCUT2D eigenvalue weighted by Crippen LogP contribution is -2.45. The standard InChI is InChI=1S/C13H14ClN3O3/c1-13(6-10(18)19)11(20)17(12(15)16-13)7-8-3-2-4-9(14)5-8/h2-5H,6-7H2,1H3,(H2,15,16)(H,18,19). The topological polar surface area (TPSA) is 93.5 Å². The van der Waals surface area contributed by atoms with Gasteiger partial charge in [0.1, 0.15) is 5.54 Å². The minimum absolute atomic E-state index is 0.0984. The second-order valence-electron chi connectivity index (χ2n) is 4.90. The molecule has 1 unspecified atom stereocenters. The van der Waals surface area contributed by atoms with Gasteiger partial charge >= 0.3 is 5.97 Å². The number of aliphatic carboxylic acids is 1. The van der Waals surface area contributed by atoms with Crippen molar-refractivity contribution < 1.29 is 14.7 Å². The fourth-order valence-corrected chi connectivity index (χ4v) is 2.39. The number of carbonyl (C=O) groups is 2. The molecule has 1 fully saturated rings. The third-order valence-electron chi connectivity index (χ3n) is 3.12. The summed E-state index contributed by atoms with van der Waals surface area (Å²) >= 11 is 5.88. The Kier molecular flexibility index (Phi) is 3.67. The van der Waals surface area contributed by atoms with E-state index in [4.69, 9.17) is 22.1 Å². The Balaban J connectivity index is 2.19. The van der Waals surface area contributed by atoms with Gasteiger partial charge in [-0.05, 0) is 24.6 Å². The first kappa shape index (κ1) is 14.3. The summed E-state index contributed by atoms with van der Waals surface area (Å²) in [6, 6.07) is 6.97. The van der Waals surface area contributed by atoms with Crippen molar-refractivity contribution in [1.29, 1.82) is 5.41 Å². The minimum atomic E-state index is -1.28. The zero-order chi connectivity index (χ0) is 14.9.